The SMILES string of the molecule is CCS(=O)(=O)NCCCN=C(N)Nc1ccc(C)c(C)c1.I. The van der Waals surface area contributed by atoms with Crippen LogP contribution in [0, 0.1) is 13.8 Å². The van der Waals surface area contributed by atoms with E-state index < -0.39 is 10.0 Å². The van der Waals surface area contributed by atoms with E-state index in [0.29, 0.717) is 25.5 Å². The average molecular weight is 440 g/mol. The van der Waals surface area contributed by atoms with Crippen molar-refractivity contribution in [1.82, 2.24) is 4.72 Å². The van der Waals surface area contributed by atoms with Crippen LogP contribution < -0.4 is 15.8 Å². The Morgan fingerprint density at radius 1 is 1.27 bits per heavy atom. The van der Waals surface area contributed by atoms with Gasteiger partial charge in [-0.3, -0.25) is 4.99 Å². The number of sulfonamides is 1. The Bertz CT molecular complexity index is 603. The Morgan fingerprint density at radius 3 is 2.55 bits per heavy atom. The number of nitrogens with one attached hydrogen (secondary N) is 2. The van der Waals surface area contributed by atoms with Crippen LogP contribution in [0.3, 0.4) is 0 Å². The van der Waals surface area contributed by atoms with Crippen molar-refractivity contribution in [2.75, 3.05) is 24.2 Å². The zero-order chi connectivity index (χ0) is 15.9. The van der Waals surface area contributed by atoms with Crippen molar-refractivity contribution in [3.05, 3.63) is 29.3 Å². The second-order valence-electron chi connectivity index (χ2n) is 4.84. The van der Waals surface area contributed by atoms with Gasteiger partial charge in [0.25, 0.3) is 0 Å². The summed E-state index contributed by atoms with van der Waals surface area (Å²) in [4.78, 5) is 4.17. The van der Waals surface area contributed by atoms with Crippen molar-refractivity contribution in [3.63, 3.8) is 0 Å². The second-order valence-corrected chi connectivity index (χ2v) is 6.94. The fourth-order valence-electron chi connectivity index (χ4n) is 1.61. The summed E-state index contributed by atoms with van der Waals surface area (Å²) < 4.78 is 24.9. The first-order valence-electron chi connectivity index (χ1n) is 6.95. The average Bonchev–Trinajstić information content (AvgIpc) is 2.42. The highest BCUT2D eigenvalue weighted by atomic mass is 127. The number of nitrogens with zero attached hydrogens (tertiary/aromatic N) is 1. The van der Waals surface area contributed by atoms with E-state index in [1.807, 2.05) is 32.0 Å². The minimum atomic E-state index is -3.12. The summed E-state index contributed by atoms with van der Waals surface area (Å²) in [5.41, 5.74) is 9.09. The van der Waals surface area contributed by atoms with E-state index in [9.17, 15) is 8.42 Å². The molecule has 0 fully saturated rings. The van der Waals surface area contributed by atoms with E-state index in [4.69, 9.17) is 5.73 Å². The van der Waals surface area contributed by atoms with Gasteiger partial charge >= 0.3 is 0 Å². The quantitative estimate of drug-likeness (QED) is 0.262. The van der Waals surface area contributed by atoms with Gasteiger partial charge in [0.05, 0.1) is 5.75 Å². The number of nitrogens with two attached hydrogens (primary N) is 1. The molecule has 0 aliphatic carbocycles. The van der Waals surface area contributed by atoms with Crippen LogP contribution in [0.15, 0.2) is 23.2 Å². The van der Waals surface area contributed by atoms with Gasteiger partial charge in [0.15, 0.2) is 5.96 Å². The number of benzene rings is 1. The topological polar surface area (TPSA) is 96.6 Å². The molecule has 0 aliphatic rings. The molecule has 0 unspecified atom stereocenters. The molecule has 1 aromatic rings. The molecule has 0 bridgehead atoms. The lowest BCUT2D eigenvalue weighted by atomic mass is 10.1. The Morgan fingerprint density at radius 2 is 1.95 bits per heavy atom. The Hall–Kier alpha value is -0.870. The Balaban J connectivity index is 0.00000441. The van der Waals surface area contributed by atoms with Crippen molar-refractivity contribution in [1.29, 1.82) is 0 Å². The normalized spacial score (nSPS) is 11.9. The third-order valence-corrected chi connectivity index (χ3v) is 4.50. The summed E-state index contributed by atoms with van der Waals surface area (Å²) in [6, 6.07) is 5.97. The summed E-state index contributed by atoms with van der Waals surface area (Å²) in [5.74, 6) is 0.420. The lowest BCUT2D eigenvalue weighted by molar-refractivity contribution is 0.581. The van der Waals surface area contributed by atoms with E-state index in [2.05, 4.69) is 15.0 Å². The molecular formula is C14H25IN4O2S. The lowest BCUT2D eigenvalue weighted by Gasteiger charge is -2.08. The van der Waals surface area contributed by atoms with Crippen LogP contribution in [0.5, 0.6) is 0 Å². The van der Waals surface area contributed by atoms with Crippen molar-refractivity contribution in [2.45, 2.75) is 27.2 Å². The fraction of sp³-hybridized carbons (Fsp3) is 0.500. The Labute approximate surface area is 150 Å². The van der Waals surface area contributed by atoms with Gasteiger partial charge in [-0.15, -0.1) is 24.0 Å². The molecule has 0 amide bonds. The zero-order valence-electron chi connectivity index (χ0n) is 13.2. The number of halogens is 1. The lowest BCUT2D eigenvalue weighted by Crippen LogP contribution is -2.27. The molecule has 1 aromatic carbocycles. The molecule has 0 heterocycles. The second kappa shape index (κ2) is 10.0. The first kappa shape index (κ1) is 21.1. The van der Waals surface area contributed by atoms with E-state index in [1.165, 1.54) is 11.1 Å². The Kier molecular flexibility index (Phi) is 9.61. The molecule has 1 rings (SSSR count). The van der Waals surface area contributed by atoms with E-state index in [-0.39, 0.29) is 29.7 Å². The minimum absolute atomic E-state index is 0. The van der Waals surface area contributed by atoms with Crippen molar-refractivity contribution < 1.29 is 8.42 Å². The van der Waals surface area contributed by atoms with Gasteiger partial charge in [-0.1, -0.05) is 6.07 Å². The zero-order valence-corrected chi connectivity index (χ0v) is 16.4. The highest BCUT2D eigenvalue weighted by Gasteiger charge is 2.04. The first-order valence-corrected chi connectivity index (χ1v) is 8.61. The maximum Gasteiger partial charge on any atom is 0.211 e. The van der Waals surface area contributed by atoms with Gasteiger partial charge in [0.2, 0.25) is 10.0 Å². The number of hydrogen-bond acceptors (Lipinski definition) is 3. The van der Waals surface area contributed by atoms with Gasteiger partial charge in [-0.05, 0) is 50.5 Å². The number of aliphatic imine (C=N–C) groups is 1. The van der Waals surface area contributed by atoms with Crippen LogP contribution in [0.2, 0.25) is 0 Å². The molecule has 0 saturated heterocycles. The maximum absolute atomic E-state index is 11.2. The standard InChI is InChI=1S/C14H24N4O2S.HI/c1-4-21(19,20)17-9-5-8-16-14(15)18-13-7-6-11(2)12(3)10-13;/h6-7,10,17H,4-5,8-9H2,1-3H3,(H3,15,16,18);1H. The van der Waals surface area contributed by atoms with Crippen molar-refractivity contribution >= 4 is 45.6 Å². The molecule has 0 atom stereocenters. The summed E-state index contributed by atoms with van der Waals surface area (Å²) in [6.07, 6.45) is 0.606. The number of aryl methyl sites for hydroxylation is 2. The summed E-state index contributed by atoms with van der Waals surface area (Å²) in [6.45, 7) is 6.53. The minimum Gasteiger partial charge on any atom is -0.370 e. The fourth-order valence-corrected chi connectivity index (χ4v) is 2.27. The van der Waals surface area contributed by atoms with Gasteiger partial charge in [-0.25, -0.2) is 13.1 Å². The molecule has 0 radical (unpaired) electrons. The molecule has 6 nitrogen and oxygen atoms in total. The number of hydrogen-bond donors (Lipinski definition) is 3. The van der Waals surface area contributed by atoms with Gasteiger partial charge in [0.1, 0.15) is 0 Å². The molecule has 0 aromatic heterocycles. The van der Waals surface area contributed by atoms with E-state index in [1.54, 1.807) is 6.92 Å². The largest absolute Gasteiger partial charge is 0.370 e. The van der Waals surface area contributed by atoms with E-state index in [0.717, 1.165) is 5.69 Å². The molecule has 0 spiro atoms. The highest BCUT2D eigenvalue weighted by molar-refractivity contribution is 14.0. The monoisotopic (exact) mass is 440 g/mol. The van der Waals surface area contributed by atoms with Gasteiger partial charge < -0.3 is 11.1 Å². The van der Waals surface area contributed by atoms with Crippen LogP contribution >= 0.6 is 24.0 Å². The van der Waals surface area contributed by atoms with Crippen molar-refractivity contribution in [2.24, 2.45) is 10.7 Å². The molecule has 22 heavy (non-hydrogen) atoms. The maximum atomic E-state index is 11.2. The number of rotatable bonds is 7. The molecule has 4 N–H and O–H groups in total. The van der Waals surface area contributed by atoms with Gasteiger partial charge in [-0.2, -0.15) is 0 Å². The molecular weight excluding hydrogens is 415 g/mol. The van der Waals surface area contributed by atoms with Crippen LogP contribution in [-0.4, -0.2) is 33.2 Å². The smallest absolute Gasteiger partial charge is 0.211 e. The third-order valence-electron chi connectivity index (χ3n) is 3.10. The van der Waals surface area contributed by atoms with Gasteiger partial charge in [0, 0.05) is 18.8 Å². The van der Waals surface area contributed by atoms with Crippen LogP contribution in [0.4, 0.5) is 5.69 Å². The third kappa shape index (κ3) is 7.95. The summed E-state index contributed by atoms with van der Waals surface area (Å²) in [7, 11) is -3.12. The molecule has 8 heteroatoms. The predicted octanol–water partition coefficient (Wildman–Crippen LogP) is 1.98. The molecule has 126 valence electrons. The van der Waals surface area contributed by atoms with E-state index >= 15 is 0 Å². The first-order chi connectivity index (χ1) is 9.84. The molecule has 0 saturated carbocycles. The summed E-state index contributed by atoms with van der Waals surface area (Å²) in [5, 5.41) is 3.02. The number of anilines is 1. The van der Waals surface area contributed by atoms with Crippen LogP contribution in [0.25, 0.3) is 0 Å². The predicted molar refractivity (Wildman–Crippen MR) is 104 cm³/mol. The van der Waals surface area contributed by atoms with Crippen LogP contribution in [0.1, 0.15) is 24.5 Å². The van der Waals surface area contributed by atoms with Crippen LogP contribution in [-0.2, 0) is 10.0 Å². The molecule has 0 aliphatic heterocycles. The van der Waals surface area contributed by atoms with Crippen molar-refractivity contribution in [3.8, 4) is 0 Å². The highest BCUT2D eigenvalue weighted by Crippen LogP contribution is 2.13. The summed E-state index contributed by atoms with van der Waals surface area (Å²) >= 11 is 0. The number of guanidine groups is 1.